The summed E-state index contributed by atoms with van der Waals surface area (Å²) in [7, 11) is 0. The predicted molar refractivity (Wildman–Crippen MR) is 316 cm³/mol. The average Bonchev–Trinajstić information content (AvgIpc) is 3.39. The van der Waals surface area contributed by atoms with Crippen LogP contribution in [0.4, 0.5) is 0 Å². The Morgan fingerprint density at radius 2 is 0.534 bits per heavy atom. The minimum atomic E-state index is -0.794. The van der Waals surface area contributed by atoms with Gasteiger partial charge in [0.2, 0.25) is 0 Å². The quantitative estimate of drug-likeness (QED) is 0.0261. The predicted octanol–water partition coefficient (Wildman–Crippen LogP) is 21.1. The van der Waals surface area contributed by atoms with E-state index < -0.39 is 6.10 Å². The van der Waals surface area contributed by atoms with Crippen molar-refractivity contribution in [1.82, 2.24) is 0 Å². The van der Waals surface area contributed by atoms with Crippen LogP contribution in [0.3, 0.4) is 0 Å². The number of unbranched alkanes of at least 4 members (excludes halogenated alkanes) is 31. The molecule has 0 aliphatic heterocycles. The fourth-order valence-electron chi connectivity index (χ4n) is 8.69. The normalized spacial score (nSPS) is 12.6. The lowest BCUT2D eigenvalue weighted by atomic mass is 10.0. The summed E-state index contributed by atoms with van der Waals surface area (Å²) in [5.74, 6) is -0.917. The Balaban J connectivity index is 4.40. The molecule has 0 aromatic rings. The van der Waals surface area contributed by atoms with Crippen molar-refractivity contribution in [2.45, 2.75) is 309 Å². The summed E-state index contributed by atoms with van der Waals surface area (Å²) in [4.78, 5) is 38.3. The summed E-state index contributed by atoms with van der Waals surface area (Å²) in [5, 5.41) is 0. The van der Waals surface area contributed by atoms with Crippen LogP contribution in [0.2, 0.25) is 0 Å². The average molecular weight is 1020 g/mol. The summed E-state index contributed by atoms with van der Waals surface area (Å²) >= 11 is 0. The van der Waals surface area contributed by atoms with Crippen molar-refractivity contribution in [2.24, 2.45) is 0 Å². The molecule has 0 rings (SSSR count). The molecule has 0 radical (unpaired) electrons. The van der Waals surface area contributed by atoms with E-state index in [4.69, 9.17) is 14.2 Å². The van der Waals surface area contributed by atoms with E-state index in [0.717, 1.165) is 96.3 Å². The maximum absolute atomic E-state index is 12.9. The Kier molecular flexibility index (Phi) is 58.3. The molecule has 73 heavy (non-hydrogen) atoms. The van der Waals surface area contributed by atoms with Crippen LogP contribution in [0.5, 0.6) is 0 Å². The Labute approximate surface area is 452 Å². The van der Waals surface area contributed by atoms with Gasteiger partial charge in [-0.2, -0.15) is 0 Å². The number of carbonyl (C=O) groups is 3. The summed E-state index contributed by atoms with van der Waals surface area (Å²) in [6.45, 7) is 6.51. The number of ether oxygens (including phenoxy) is 3. The van der Waals surface area contributed by atoms with E-state index in [2.05, 4.69) is 106 Å². The van der Waals surface area contributed by atoms with Gasteiger partial charge in [0.25, 0.3) is 0 Å². The van der Waals surface area contributed by atoms with E-state index in [1.54, 1.807) is 0 Å². The standard InChI is InChI=1S/C67H116O6/c1-4-7-10-13-16-19-22-25-28-30-32-33-35-37-40-42-45-48-51-54-57-60-66(69)72-63-64(73-67(70)61-58-55-52-49-46-43-38-27-24-21-18-15-12-9-6-3)62-71-65(68)59-56-53-50-47-44-41-39-36-34-31-29-26-23-20-17-14-11-8-5-2/h8,11,17,20-21,24-26,28-29,34,36,41,44,64H,4-7,9-10,12-16,18-19,22-23,27,30-33,35,37-40,42-43,45-63H2,1-3H3/b11-8-,20-17-,24-21-,28-25-,29-26-,36-34-,44-41-/t64-/m1/s1. The molecule has 0 spiro atoms. The summed E-state index contributed by atoms with van der Waals surface area (Å²) < 4.78 is 16.9. The van der Waals surface area contributed by atoms with Gasteiger partial charge in [0.15, 0.2) is 6.10 Å². The summed E-state index contributed by atoms with van der Waals surface area (Å²) in [6.07, 6.45) is 80.1. The number of hydrogen-bond acceptors (Lipinski definition) is 6. The van der Waals surface area contributed by atoms with Crippen molar-refractivity contribution in [3.05, 3.63) is 85.1 Å². The lowest BCUT2D eigenvalue weighted by Gasteiger charge is -2.18. The van der Waals surface area contributed by atoms with Gasteiger partial charge in [-0.25, -0.2) is 0 Å². The van der Waals surface area contributed by atoms with Gasteiger partial charge < -0.3 is 14.2 Å². The molecule has 0 bridgehead atoms. The van der Waals surface area contributed by atoms with Gasteiger partial charge >= 0.3 is 17.9 Å². The molecule has 0 unspecified atom stereocenters. The number of rotatable bonds is 56. The molecule has 0 aromatic carbocycles. The Hall–Kier alpha value is -3.41. The maximum atomic E-state index is 12.9. The molecular formula is C67H116O6. The Bertz CT molecular complexity index is 1400. The van der Waals surface area contributed by atoms with Gasteiger partial charge in [-0.05, 0) is 116 Å². The molecule has 0 saturated heterocycles. The van der Waals surface area contributed by atoms with Crippen LogP contribution in [-0.2, 0) is 28.6 Å². The van der Waals surface area contributed by atoms with Gasteiger partial charge in [0, 0.05) is 19.3 Å². The van der Waals surface area contributed by atoms with Gasteiger partial charge in [-0.1, -0.05) is 254 Å². The molecule has 0 heterocycles. The molecule has 0 aliphatic carbocycles. The second-order valence-electron chi connectivity index (χ2n) is 20.6. The van der Waals surface area contributed by atoms with E-state index in [1.807, 2.05) is 0 Å². The molecule has 1 atom stereocenters. The highest BCUT2D eigenvalue weighted by molar-refractivity contribution is 5.71. The highest BCUT2D eigenvalue weighted by Gasteiger charge is 2.19. The van der Waals surface area contributed by atoms with Gasteiger partial charge in [-0.3, -0.25) is 14.4 Å². The second kappa shape index (κ2) is 61.1. The van der Waals surface area contributed by atoms with Crippen molar-refractivity contribution < 1.29 is 28.6 Å². The molecule has 420 valence electrons. The Morgan fingerprint density at radius 1 is 0.288 bits per heavy atom. The molecule has 6 nitrogen and oxygen atoms in total. The number of esters is 3. The van der Waals surface area contributed by atoms with Crippen LogP contribution < -0.4 is 0 Å². The van der Waals surface area contributed by atoms with Crippen LogP contribution in [-0.4, -0.2) is 37.2 Å². The number of allylic oxidation sites excluding steroid dienone is 14. The first-order valence-electron chi connectivity index (χ1n) is 31.1. The molecule has 0 amide bonds. The first kappa shape index (κ1) is 69.6. The third kappa shape index (κ3) is 59.3. The van der Waals surface area contributed by atoms with Crippen molar-refractivity contribution in [3.8, 4) is 0 Å². The van der Waals surface area contributed by atoms with Crippen molar-refractivity contribution >= 4 is 17.9 Å². The smallest absolute Gasteiger partial charge is 0.306 e. The van der Waals surface area contributed by atoms with Gasteiger partial charge in [-0.15, -0.1) is 0 Å². The van der Waals surface area contributed by atoms with Crippen molar-refractivity contribution in [2.75, 3.05) is 13.2 Å². The van der Waals surface area contributed by atoms with Crippen molar-refractivity contribution in [3.63, 3.8) is 0 Å². The lowest BCUT2D eigenvalue weighted by Crippen LogP contribution is -2.30. The lowest BCUT2D eigenvalue weighted by molar-refractivity contribution is -0.167. The number of hydrogen-bond donors (Lipinski definition) is 0. The highest BCUT2D eigenvalue weighted by Crippen LogP contribution is 2.16. The van der Waals surface area contributed by atoms with E-state index in [1.165, 1.54) is 167 Å². The van der Waals surface area contributed by atoms with Gasteiger partial charge in [0.05, 0.1) is 0 Å². The monoisotopic (exact) mass is 1020 g/mol. The van der Waals surface area contributed by atoms with Crippen LogP contribution in [0.25, 0.3) is 0 Å². The minimum Gasteiger partial charge on any atom is -0.462 e. The highest BCUT2D eigenvalue weighted by atomic mass is 16.6. The summed E-state index contributed by atoms with van der Waals surface area (Å²) in [6, 6.07) is 0. The first-order chi connectivity index (χ1) is 36.0. The second-order valence-corrected chi connectivity index (χ2v) is 20.6. The van der Waals surface area contributed by atoms with Crippen LogP contribution in [0.15, 0.2) is 85.1 Å². The fraction of sp³-hybridized carbons (Fsp3) is 0.746. The molecule has 0 N–H and O–H groups in total. The van der Waals surface area contributed by atoms with E-state index in [9.17, 15) is 14.4 Å². The fourth-order valence-corrected chi connectivity index (χ4v) is 8.69. The number of carbonyl (C=O) groups excluding carboxylic acids is 3. The SMILES string of the molecule is CC/C=C\C/C=C\C/C=C\C/C=C\C/C=C\CCCCCC(=O)OC[C@H](COC(=O)CCCCCCCCCCCCC/C=C\CCCCCCCC)OC(=O)CCCCCCCCC/C=C\CCCCCC. The van der Waals surface area contributed by atoms with Crippen LogP contribution in [0, 0.1) is 0 Å². The van der Waals surface area contributed by atoms with Crippen LogP contribution in [0.1, 0.15) is 303 Å². The van der Waals surface area contributed by atoms with E-state index in [0.29, 0.717) is 19.3 Å². The first-order valence-corrected chi connectivity index (χ1v) is 31.1. The largest absolute Gasteiger partial charge is 0.462 e. The van der Waals surface area contributed by atoms with Gasteiger partial charge in [0.1, 0.15) is 13.2 Å². The summed E-state index contributed by atoms with van der Waals surface area (Å²) in [5.41, 5.74) is 0. The van der Waals surface area contributed by atoms with E-state index >= 15 is 0 Å². The third-order valence-corrected chi connectivity index (χ3v) is 13.4. The Morgan fingerprint density at radius 3 is 0.877 bits per heavy atom. The maximum Gasteiger partial charge on any atom is 0.306 e. The molecule has 0 fully saturated rings. The molecule has 0 saturated carbocycles. The minimum absolute atomic E-state index is 0.0882. The third-order valence-electron chi connectivity index (χ3n) is 13.4. The topological polar surface area (TPSA) is 78.9 Å². The molecular weight excluding hydrogens is 901 g/mol. The molecule has 0 aromatic heterocycles. The zero-order valence-electron chi connectivity index (χ0n) is 48.1. The zero-order chi connectivity index (χ0) is 52.9. The van der Waals surface area contributed by atoms with E-state index in [-0.39, 0.29) is 31.1 Å². The zero-order valence-corrected chi connectivity index (χ0v) is 48.1. The molecule has 0 aliphatic rings. The van der Waals surface area contributed by atoms with Crippen molar-refractivity contribution in [1.29, 1.82) is 0 Å². The molecule has 6 heteroatoms. The van der Waals surface area contributed by atoms with Crippen LogP contribution >= 0.6 is 0 Å².